The second-order valence-electron chi connectivity index (χ2n) is 2.99. The number of tetrazole rings is 1. The van der Waals surface area contributed by atoms with Crippen molar-refractivity contribution in [2.45, 2.75) is 10.1 Å². The molecule has 0 saturated heterocycles. The topological polar surface area (TPSA) is 60.7 Å². The lowest BCUT2D eigenvalue weighted by Gasteiger charge is -2.02. The number of aryl methyl sites for hydroxylation is 1. The minimum Gasteiger partial charge on any atom is -0.298 e. The second kappa shape index (κ2) is 4.63. The third-order valence-corrected chi connectivity index (χ3v) is 3.24. The van der Waals surface area contributed by atoms with Crippen molar-refractivity contribution in [1.82, 2.24) is 20.2 Å². The fourth-order valence-electron chi connectivity index (χ4n) is 1.11. The quantitative estimate of drug-likeness (QED) is 0.782. The van der Waals surface area contributed by atoms with Gasteiger partial charge in [-0.2, -0.15) is 0 Å². The van der Waals surface area contributed by atoms with Crippen molar-refractivity contribution in [1.29, 1.82) is 0 Å². The minimum absolute atomic E-state index is 0.528. The fraction of sp³-hybridized carbons (Fsp3) is 0.111. The Bertz CT molecular complexity index is 528. The summed E-state index contributed by atoms with van der Waals surface area (Å²) in [4.78, 5) is 11.6. The van der Waals surface area contributed by atoms with Crippen LogP contribution in [0.3, 0.4) is 0 Å². The molecule has 0 aliphatic carbocycles. The lowest BCUT2D eigenvalue weighted by Crippen LogP contribution is -1.94. The maximum Gasteiger partial charge on any atom is 0.213 e. The summed E-state index contributed by atoms with van der Waals surface area (Å²) in [5.41, 5.74) is 0.528. The normalized spacial score (nSPS) is 10.4. The van der Waals surface area contributed by atoms with Crippen LogP contribution >= 0.6 is 23.4 Å². The van der Waals surface area contributed by atoms with Crippen molar-refractivity contribution < 1.29 is 4.79 Å². The van der Waals surface area contributed by atoms with E-state index in [0.717, 1.165) is 11.2 Å². The zero-order valence-electron chi connectivity index (χ0n) is 8.29. The number of aldehydes is 1. The van der Waals surface area contributed by atoms with Gasteiger partial charge in [-0.05, 0) is 40.4 Å². The van der Waals surface area contributed by atoms with E-state index in [9.17, 15) is 4.79 Å². The lowest BCUT2D eigenvalue weighted by atomic mass is 10.2. The average Bonchev–Trinajstić information content (AvgIpc) is 2.67. The number of rotatable bonds is 3. The van der Waals surface area contributed by atoms with E-state index in [0.29, 0.717) is 15.7 Å². The monoisotopic (exact) mass is 254 g/mol. The molecule has 0 unspecified atom stereocenters. The van der Waals surface area contributed by atoms with E-state index in [1.54, 1.807) is 25.2 Å². The molecule has 1 aromatic carbocycles. The molecule has 2 rings (SSSR count). The number of benzene rings is 1. The molecule has 0 fully saturated rings. The molecule has 16 heavy (non-hydrogen) atoms. The molecular formula is C9H7ClN4OS. The van der Waals surface area contributed by atoms with E-state index in [4.69, 9.17) is 11.6 Å². The van der Waals surface area contributed by atoms with Gasteiger partial charge >= 0.3 is 0 Å². The molecule has 0 atom stereocenters. The zero-order chi connectivity index (χ0) is 11.5. The molecule has 7 heteroatoms. The van der Waals surface area contributed by atoms with E-state index in [2.05, 4.69) is 15.5 Å². The number of hydrogen-bond acceptors (Lipinski definition) is 5. The molecule has 1 heterocycles. The lowest BCUT2D eigenvalue weighted by molar-refractivity contribution is 0.112. The molecule has 0 bridgehead atoms. The van der Waals surface area contributed by atoms with Crippen LogP contribution in [0.25, 0.3) is 0 Å². The first-order valence-electron chi connectivity index (χ1n) is 4.35. The third kappa shape index (κ3) is 2.23. The summed E-state index contributed by atoms with van der Waals surface area (Å²) in [6.07, 6.45) is 0.762. The molecule has 0 radical (unpaired) electrons. The van der Waals surface area contributed by atoms with Gasteiger partial charge in [0.25, 0.3) is 0 Å². The molecule has 2 aromatic rings. The average molecular weight is 255 g/mol. The molecule has 0 spiro atoms. The molecule has 0 aliphatic heterocycles. The molecule has 0 saturated carbocycles. The second-order valence-corrected chi connectivity index (χ2v) is 4.43. The summed E-state index contributed by atoms with van der Waals surface area (Å²) >= 11 is 7.11. The SMILES string of the molecule is Cn1nnnc1Sc1ccc(Cl)cc1C=O. The molecule has 5 nitrogen and oxygen atoms in total. The highest BCUT2D eigenvalue weighted by Gasteiger charge is 2.09. The van der Waals surface area contributed by atoms with Gasteiger partial charge in [0, 0.05) is 22.5 Å². The van der Waals surface area contributed by atoms with Gasteiger partial charge in [0.05, 0.1) is 0 Å². The predicted octanol–water partition coefficient (Wildman–Crippen LogP) is 1.83. The third-order valence-electron chi connectivity index (χ3n) is 1.88. The van der Waals surface area contributed by atoms with Crippen LogP contribution in [-0.2, 0) is 7.05 Å². The Morgan fingerprint density at radius 3 is 2.94 bits per heavy atom. The van der Waals surface area contributed by atoms with Gasteiger partial charge < -0.3 is 0 Å². The number of carbonyl (C=O) groups is 1. The highest BCUT2D eigenvalue weighted by Crippen LogP contribution is 2.29. The van der Waals surface area contributed by atoms with Crippen LogP contribution in [0.15, 0.2) is 28.3 Å². The maximum absolute atomic E-state index is 10.9. The van der Waals surface area contributed by atoms with E-state index < -0.39 is 0 Å². The van der Waals surface area contributed by atoms with Crippen LogP contribution in [0.5, 0.6) is 0 Å². The van der Waals surface area contributed by atoms with Crippen molar-refractivity contribution in [3.8, 4) is 0 Å². The number of halogens is 1. The van der Waals surface area contributed by atoms with Crippen LogP contribution in [0.1, 0.15) is 10.4 Å². The number of aromatic nitrogens is 4. The molecule has 0 amide bonds. The molecule has 1 aromatic heterocycles. The van der Waals surface area contributed by atoms with Gasteiger partial charge in [-0.3, -0.25) is 4.79 Å². The summed E-state index contributed by atoms with van der Waals surface area (Å²) in [6, 6.07) is 5.10. The largest absolute Gasteiger partial charge is 0.298 e. The van der Waals surface area contributed by atoms with E-state index in [1.807, 2.05) is 0 Å². The summed E-state index contributed by atoms with van der Waals surface area (Å²) in [6.45, 7) is 0. The van der Waals surface area contributed by atoms with Gasteiger partial charge in [0.1, 0.15) is 0 Å². The van der Waals surface area contributed by atoms with E-state index in [-0.39, 0.29) is 0 Å². The van der Waals surface area contributed by atoms with Crippen LogP contribution in [0.2, 0.25) is 5.02 Å². The Balaban J connectivity index is 2.34. The predicted molar refractivity (Wildman–Crippen MR) is 59.8 cm³/mol. The first-order valence-corrected chi connectivity index (χ1v) is 5.55. The highest BCUT2D eigenvalue weighted by molar-refractivity contribution is 7.99. The van der Waals surface area contributed by atoms with Gasteiger partial charge in [-0.25, -0.2) is 4.68 Å². The van der Waals surface area contributed by atoms with Gasteiger partial charge in [-0.1, -0.05) is 11.6 Å². The van der Waals surface area contributed by atoms with Crippen molar-refractivity contribution in [2.75, 3.05) is 0 Å². The fourth-order valence-corrected chi connectivity index (χ4v) is 2.09. The Morgan fingerprint density at radius 1 is 1.50 bits per heavy atom. The van der Waals surface area contributed by atoms with Crippen molar-refractivity contribution in [3.63, 3.8) is 0 Å². The van der Waals surface area contributed by atoms with Gasteiger partial charge in [0.15, 0.2) is 6.29 Å². The van der Waals surface area contributed by atoms with Gasteiger partial charge in [-0.15, -0.1) is 5.10 Å². The Hall–Kier alpha value is -1.40. The number of nitrogens with zero attached hydrogens (tertiary/aromatic N) is 4. The molecular weight excluding hydrogens is 248 g/mol. The maximum atomic E-state index is 10.9. The smallest absolute Gasteiger partial charge is 0.213 e. The van der Waals surface area contributed by atoms with E-state index >= 15 is 0 Å². The van der Waals surface area contributed by atoms with Gasteiger partial charge in [0.2, 0.25) is 5.16 Å². The number of carbonyl (C=O) groups excluding carboxylic acids is 1. The van der Waals surface area contributed by atoms with Crippen LogP contribution < -0.4 is 0 Å². The standard InChI is InChI=1S/C9H7ClN4OS/c1-14-9(11-12-13-14)16-8-3-2-7(10)4-6(8)5-15/h2-5H,1H3. The van der Waals surface area contributed by atoms with Crippen LogP contribution in [0.4, 0.5) is 0 Å². The summed E-state index contributed by atoms with van der Waals surface area (Å²) in [5.74, 6) is 0. The molecule has 82 valence electrons. The van der Waals surface area contributed by atoms with Crippen molar-refractivity contribution >= 4 is 29.6 Å². The summed E-state index contributed by atoms with van der Waals surface area (Å²) < 4.78 is 1.54. The number of hydrogen-bond donors (Lipinski definition) is 0. The van der Waals surface area contributed by atoms with Crippen LogP contribution in [0, 0.1) is 0 Å². The zero-order valence-corrected chi connectivity index (χ0v) is 9.87. The van der Waals surface area contributed by atoms with Crippen molar-refractivity contribution in [3.05, 3.63) is 28.8 Å². The summed E-state index contributed by atoms with van der Waals surface area (Å²) in [5, 5.41) is 12.2. The van der Waals surface area contributed by atoms with E-state index in [1.165, 1.54) is 16.4 Å². The van der Waals surface area contributed by atoms with Crippen LogP contribution in [-0.4, -0.2) is 26.5 Å². The molecule has 0 aliphatic rings. The van der Waals surface area contributed by atoms with Crippen molar-refractivity contribution in [2.24, 2.45) is 7.05 Å². The Morgan fingerprint density at radius 2 is 2.31 bits per heavy atom. The molecule has 0 N–H and O–H groups in total. The highest BCUT2D eigenvalue weighted by atomic mass is 35.5. The summed E-state index contributed by atoms with van der Waals surface area (Å²) in [7, 11) is 1.73. The first-order chi connectivity index (χ1) is 7.70. The Kier molecular flexibility index (Phi) is 3.21. The minimum atomic E-state index is 0.528. The Labute approximate surface area is 101 Å². The first kappa shape index (κ1) is 11.1.